The van der Waals surface area contributed by atoms with Crippen LogP contribution in [0.25, 0.3) is 6.08 Å². The number of benzene rings is 3. The van der Waals surface area contributed by atoms with Gasteiger partial charge in [0.05, 0.1) is 11.4 Å². The SMILES string of the molecule is Cc1cccc(NC(=O)COc2ccc(/C=C3\SC(=O)N(Cc4ccc(I)cc4)C3=O)cc2)c1. The Kier molecular flexibility index (Phi) is 7.69. The van der Waals surface area contributed by atoms with Crippen LogP contribution in [-0.4, -0.2) is 28.6 Å². The summed E-state index contributed by atoms with van der Waals surface area (Å²) in [4.78, 5) is 38.9. The second-order valence-electron chi connectivity index (χ2n) is 7.67. The summed E-state index contributed by atoms with van der Waals surface area (Å²) in [5.41, 5.74) is 3.44. The van der Waals surface area contributed by atoms with E-state index < -0.39 is 0 Å². The number of hydrogen-bond acceptors (Lipinski definition) is 5. The fraction of sp³-hybridized carbons (Fsp3) is 0.115. The monoisotopic (exact) mass is 584 g/mol. The van der Waals surface area contributed by atoms with Gasteiger partial charge in [-0.15, -0.1) is 0 Å². The van der Waals surface area contributed by atoms with Gasteiger partial charge in [-0.3, -0.25) is 19.3 Å². The second kappa shape index (κ2) is 10.9. The van der Waals surface area contributed by atoms with E-state index in [1.807, 2.05) is 55.5 Å². The topological polar surface area (TPSA) is 75.7 Å². The van der Waals surface area contributed by atoms with E-state index in [1.165, 1.54) is 4.90 Å². The van der Waals surface area contributed by atoms with Gasteiger partial charge in [-0.2, -0.15) is 0 Å². The Hall–Kier alpha value is -3.11. The molecule has 0 saturated carbocycles. The molecule has 1 saturated heterocycles. The Labute approximate surface area is 215 Å². The fourth-order valence-electron chi connectivity index (χ4n) is 3.29. The van der Waals surface area contributed by atoms with Crippen LogP contribution in [0, 0.1) is 10.5 Å². The van der Waals surface area contributed by atoms with Crippen molar-refractivity contribution in [3.05, 3.63) is 98.0 Å². The standard InChI is InChI=1S/C26H21IN2O4S/c1-17-3-2-4-21(13-17)28-24(30)16-33-22-11-7-18(8-12-22)14-23-25(31)29(26(32)34-23)15-19-5-9-20(27)10-6-19/h2-14H,15-16H2,1H3,(H,28,30)/b23-14-. The van der Waals surface area contributed by atoms with E-state index in [9.17, 15) is 14.4 Å². The van der Waals surface area contributed by atoms with Crippen molar-refractivity contribution < 1.29 is 19.1 Å². The molecule has 0 atom stereocenters. The van der Waals surface area contributed by atoms with Crippen LogP contribution in [0.1, 0.15) is 16.7 Å². The molecule has 1 N–H and O–H groups in total. The molecular formula is C26H21IN2O4S. The Morgan fingerprint density at radius 3 is 2.50 bits per heavy atom. The summed E-state index contributed by atoms with van der Waals surface area (Å²) in [6.07, 6.45) is 1.69. The first-order valence-electron chi connectivity index (χ1n) is 10.5. The number of anilines is 1. The highest BCUT2D eigenvalue weighted by Crippen LogP contribution is 2.33. The highest BCUT2D eigenvalue weighted by Gasteiger charge is 2.34. The van der Waals surface area contributed by atoms with E-state index in [1.54, 1.807) is 30.3 Å². The minimum Gasteiger partial charge on any atom is -0.484 e. The van der Waals surface area contributed by atoms with Gasteiger partial charge in [0.1, 0.15) is 5.75 Å². The highest BCUT2D eigenvalue weighted by atomic mass is 127. The van der Waals surface area contributed by atoms with E-state index in [2.05, 4.69) is 27.9 Å². The van der Waals surface area contributed by atoms with Crippen LogP contribution in [-0.2, 0) is 16.1 Å². The Balaban J connectivity index is 1.33. The Bertz CT molecular complexity index is 1260. The van der Waals surface area contributed by atoms with Gasteiger partial charge in [-0.05, 0) is 100 Å². The minimum atomic E-state index is -0.304. The van der Waals surface area contributed by atoms with Gasteiger partial charge in [0.25, 0.3) is 17.1 Å². The molecule has 1 heterocycles. The number of ether oxygens (including phenoxy) is 1. The normalized spacial score (nSPS) is 14.5. The summed E-state index contributed by atoms with van der Waals surface area (Å²) in [5, 5.41) is 2.51. The molecule has 0 spiro atoms. The average Bonchev–Trinajstić information content (AvgIpc) is 3.07. The number of carbonyl (C=O) groups is 3. The Morgan fingerprint density at radius 1 is 1.06 bits per heavy atom. The van der Waals surface area contributed by atoms with Crippen LogP contribution in [0.4, 0.5) is 10.5 Å². The molecule has 6 nitrogen and oxygen atoms in total. The van der Waals surface area contributed by atoms with Gasteiger partial charge in [0, 0.05) is 9.26 Å². The van der Waals surface area contributed by atoms with Crippen molar-refractivity contribution in [2.75, 3.05) is 11.9 Å². The second-order valence-corrected chi connectivity index (χ2v) is 9.91. The lowest BCUT2D eigenvalue weighted by atomic mass is 10.2. The van der Waals surface area contributed by atoms with Crippen LogP contribution < -0.4 is 10.1 Å². The molecule has 8 heteroatoms. The van der Waals surface area contributed by atoms with E-state index in [-0.39, 0.29) is 30.2 Å². The molecule has 3 aromatic rings. The molecule has 4 rings (SSSR count). The van der Waals surface area contributed by atoms with Crippen LogP contribution in [0.15, 0.2) is 77.7 Å². The minimum absolute atomic E-state index is 0.120. The van der Waals surface area contributed by atoms with Crippen molar-refractivity contribution >= 4 is 63.2 Å². The third-order valence-electron chi connectivity index (χ3n) is 4.98. The van der Waals surface area contributed by atoms with Crippen molar-refractivity contribution in [1.29, 1.82) is 0 Å². The van der Waals surface area contributed by atoms with Gasteiger partial charge in [-0.25, -0.2) is 0 Å². The lowest BCUT2D eigenvalue weighted by molar-refractivity contribution is -0.123. The zero-order valence-electron chi connectivity index (χ0n) is 18.3. The summed E-state index contributed by atoms with van der Waals surface area (Å²) >= 11 is 3.14. The molecule has 0 aromatic heterocycles. The van der Waals surface area contributed by atoms with Crippen LogP contribution in [0.5, 0.6) is 5.75 Å². The molecule has 0 aliphatic carbocycles. The number of carbonyl (C=O) groups excluding carboxylic acids is 3. The lowest BCUT2D eigenvalue weighted by Crippen LogP contribution is -2.27. The van der Waals surface area contributed by atoms with Crippen LogP contribution in [0.3, 0.4) is 0 Å². The van der Waals surface area contributed by atoms with E-state index in [0.29, 0.717) is 10.7 Å². The molecule has 0 unspecified atom stereocenters. The van der Waals surface area contributed by atoms with Crippen LogP contribution >= 0.6 is 34.4 Å². The first-order chi connectivity index (χ1) is 16.4. The van der Waals surface area contributed by atoms with E-state index >= 15 is 0 Å². The van der Waals surface area contributed by atoms with E-state index in [4.69, 9.17) is 4.74 Å². The van der Waals surface area contributed by atoms with Gasteiger partial charge >= 0.3 is 0 Å². The number of imide groups is 1. The zero-order valence-corrected chi connectivity index (χ0v) is 21.3. The number of amides is 3. The zero-order chi connectivity index (χ0) is 24.1. The summed E-state index contributed by atoms with van der Waals surface area (Å²) in [5.74, 6) is -0.0264. The first-order valence-corrected chi connectivity index (χ1v) is 12.4. The molecular weight excluding hydrogens is 563 g/mol. The van der Waals surface area contributed by atoms with Crippen molar-refractivity contribution in [2.45, 2.75) is 13.5 Å². The quantitative estimate of drug-likeness (QED) is 0.279. The molecule has 172 valence electrons. The van der Waals surface area contributed by atoms with Gasteiger partial charge in [-0.1, -0.05) is 36.4 Å². The van der Waals surface area contributed by atoms with Crippen LogP contribution in [0.2, 0.25) is 0 Å². The predicted molar refractivity (Wildman–Crippen MR) is 142 cm³/mol. The third kappa shape index (κ3) is 6.27. The molecule has 1 fully saturated rings. The van der Waals surface area contributed by atoms with Crippen molar-refractivity contribution in [3.63, 3.8) is 0 Å². The smallest absolute Gasteiger partial charge is 0.293 e. The summed E-state index contributed by atoms with van der Waals surface area (Å²) in [7, 11) is 0. The predicted octanol–water partition coefficient (Wildman–Crippen LogP) is 5.85. The number of hydrogen-bond donors (Lipinski definition) is 1. The van der Waals surface area contributed by atoms with Gasteiger partial charge in [0.15, 0.2) is 6.61 Å². The summed E-state index contributed by atoms with van der Waals surface area (Å²) in [6, 6.07) is 22.3. The molecule has 1 aliphatic heterocycles. The van der Waals surface area contributed by atoms with Gasteiger partial charge < -0.3 is 10.1 Å². The number of aryl methyl sites for hydroxylation is 1. The number of nitrogens with zero attached hydrogens (tertiary/aromatic N) is 1. The van der Waals surface area contributed by atoms with Gasteiger partial charge in [0.2, 0.25) is 0 Å². The number of rotatable bonds is 7. The largest absolute Gasteiger partial charge is 0.484 e. The van der Waals surface area contributed by atoms with Crippen molar-refractivity contribution in [1.82, 2.24) is 4.90 Å². The average molecular weight is 584 g/mol. The third-order valence-corrected chi connectivity index (χ3v) is 6.60. The maximum Gasteiger partial charge on any atom is 0.293 e. The highest BCUT2D eigenvalue weighted by molar-refractivity contribution is 14.1. The summed E-state index contributed by atoms with van der Waals surface area (Å²) < 4.78 is 6.65. The molecule has 0 radical (unpaired) electrons. The maximum atomic E-state index is 12.8. The molecule has 3 amide bonds. The van der Waals surface area contributed by atoms with Crippen molar-refractivity contribution in [3.8, 4) is 5.75 Å². The number of nitrogens with one attached hydrogen (secondary N) is 1. The first kappa shape index (κ1) is 24.0. The van der Waals surface area contributed by atoms with E-state index in [0.717, 1.165) is 37.7 Å². The number of thioether (sulfide) groups is 1. The lowest BCUT2D eigenvalue weighted by Gasteiger charge is -2.12. The molecule has 3 aromatic carbocycles. The number of halogens is 1. The van der Waals surface area contributed by atoms with Crippen molar-refractivity contribution in [2.24, 2.45) is 0 Å². The Morgan fingerprint density at radius 2 is 1.79 bits per heavy atom. The summed E-state index contributed by atoms with van der Waals surface area (Å²) in [6.45, 7) is 2.08. The molecule has 34 heavy (non-hydrogen) atoms. The fourth-order valence-corrected chi connectivity index (χ4v) is 4.49. The molecule has 1 aliphatic rings. The maximum absolute atomic E-state index is 12.8. The molecule has 0 bridgehead atoms.